The van der Waals surface area contributed by atoms with Crippen LogP contribution in [0.3, 0.4) is 0 Å². The molecule has 0 radical (unpaired) electrons. The fraction of sp³-hybridized carbons (Fsp3) is 0.421. The van der Waals surface area contributed by atoms with Gasteiger partial charge in [0.1, 0.15) is 5.82 Å². The summed E-state index contributed by atoms with van der Waals surface area (Å²) in [5, 5.41) is 31.3. The van der Waals surface area contributed by atoms with Crippen LogP contribution in [0, 0.1) is 11.7 Å². The molecule has 2 aliphatic rings. The molecule has 2 fully saturated rings. The van der Waals surface area contributed by atoms with E-state index < -0.39 is 36.4 Å². The van der Waals surface area contributed by atoms with Gasteiger partial charge in [-0.1, -0.05) is 36.4 Å². The van der Waals surface area contributed by atoms with Crippen LogP contribution in [-0.2, 0) is 33.9 Å². The molecule has 3 aromatic carbocycles. The Morgan fingerprint density at radius 2 is 1.25 bits per heavy atom. The van der Waals surface area contributed by atoms with Gasteiger partial charge in [-0.25, -0.2) is 18.8 Å². The van der Waals surface area contributed by atoms with E-state index >= 15 is 0 Å². The molecule has 326 valence electrons. The van der Waals surface area contributed by atoms with Crippen LogP contribution in [0.4, 0.5) is 43.9 Å². The Morgan fingerprint density at radius 3 is 1.76 bits per heavy atom. The lowest BCUT2D eigenvalue weighted by molar-refractivity contribution is -0.193. The van der Waals surface area contributed by atoms with Gasteiger partial charge in [0.25, 0.3) is 5.91 Å². The highest BCUT2D eigenvalue weighted by atomic mass is 19.4. The van der Waals surface area contributed by atoms with Gasteiger partial charge in [0.05, 0.1) is 0 Å². The Bertz CT molecular complexity index is 1780. The van der Waals surface area contributed by atoms with Gasteiger partial charge in [-0.2, -0.15) is 39.5 Å². The van der Waals surface area contributed by atoms with E-state index in [2.05, 4.69) is 52.0 Å². The summed E-state index contributed by atoms with van der Waals surface area (Å²) in [4.78, 5) is 41.9. The maximum absolute atomic E-state index is 14.9. The highest BCUT2D eigenvalue weighted by molar-refractivity contribution is 5.94. The molecule has 2 saturated heterocycles. The quantitative estimate of drug-likeness (QED) is 0.135. The van der Waals surface area contributed by atoms with E-state index in [1.54, 1.807) is 6.07 Å². The molecule has 3 aromatic rings. The van der Waals surface area contributed by atoms with Gasteiger partial charge in [0, 0.05) is 49.9 Å². The number of aliphatic carboxylic acids is 3. The standard InChI is InChI=1S/C32H39FN4O.3C2HF3O2/c1-23-21-37(16-15-35-23)22-27-3-2-4-29(18-27)30-19-26(7-10-31(30)33)20-36-32(38)28-8-5-24(6-9-28)17-25-11-13-34-14-12-25;3*3-2(4,5)1(6)7/h2-10,18-19,23,25,34-35H,11-17,20-22H2,1H3,(H,36,38);3*(H,6,7)/t23-;;;/m0.../s1. The van der Waals surface area contributed by atoms with Crippen molar-refractivity contribution < 1.29 is 78.4 Å². The van der Waals surface area contributed by atoms with Crippen molar-refractivity contribution in [2.75, 3.05) is 32.7 Å². The fourth-order valence-corrected chi connectivity index (χ4v) is 5.65. The molecule has 0 unspecified atom stereocenters. The zero-order chi connectivity index (χ0) is 44.6. The number of amides is 1. The van der Waals surface area contributed by atoms with E-state index in [-0.39, 0.29) is 11.7 Å². The van der Waals surface area contributed by atoms with Crippen LogP contribution in [-0.4, -0.2) is 101 Å². The summed E-state index contributed by atoms with van der Waals surface area (Å²) < 4.78 is 110. The van der Waals surface area contributed by atoms with Crippen molar-refractivity contribution in [1.29, 1.82) is 0 Å². The third-order valence-corrected chi connectivity index (χ3v) is 8.51. The molecule has 5 rings (SSSR count). The molecule has 2 heterocycles. The minimum atomic E-state index is -5.08. The van der Waals surface area contributed by atoms with Crippen LogP contribution in [0.2, 0.25) is 0 Å². The summed E-state index contributed by atoms with van der Waals surface area (Å²) in [6.07, 6.45) is -11.8. The van der Waals surface area contributed by atoms with Crippen molar-refractivity contribution in [3.63, 3.8) is 0 Å². The Labute approximate surface area is 331 Å². The number of nitrogens with one attached hydrogen (secondary N) is 3. The third kappa shape index (κ3) is 18.9. The van der Waals surface area contributed by atoms with Crippen molar-refractivity contribution in [2.45, 2.75) is 63.8 Å². The highest BCUT2D eigenvalue weighted by Gasteiger charge is 2.39. The number of rotatable bonds is 8. The van der Waals surface area contributed by atoms with Crippen LogP contribution in [0.15, 0.2) is 66.7 Å². The fourth-order valence-electron chi connectivity index (χ4n) is 5.65. The molecule has 6 N–H and O–H groups in total. The average Bonchev–Trinajstić information content (AvgIpc) is 3.15. The summed E-state index contributed by atoms with van der Waals surface area (Å²) in [6, 6.07) is 21.7. The minimum absolute atomic E-state index is 0.114. The van der Waals surface area contributed by atoms with Gasteiger partial charge in [0.2, 0.25) is 0 Å². The molecule has 0 aromatic heterocycles. The Kier molecular flexibility index (Phi) is 19.2. The summed E-state index contributed by atoms with van der Waals surface area (Å²) >= 11 is 0. The molecule has 2 aliphatic heterocycles. The van der Waals surface area contributed by atoms with Crippen LogP contribution in [0.1, 0.15) is 46.8 Å². The van der Waals surface area contributed by atoms with E-state index in [0.717, 1.165) is 62.7 Å². The molecule has 0 spiro atoms. The van der Waals surface area contributed by atoms with Crippen molar-refractivity contribution in [3.05, 3.63) is 94.8 Å². The second kappa shape index (κ2) is 22.8. The van der Waals surface area contributed by atoms with Gasteiger partial charge >= 0.3 is 36.4 Å². The van der Waals surface area contributed by atoms with Crippen molar-refractivity contribution in [2.24, 2.45) is 5.92 Å². The molecule has 0 bridgehead atoms. The monoisotopic (exact) mass is 856 g/mol. The zero-order valence-electron chi connectivity index (χ0n) is 31.3. The normalized spacial score (nSPS) is 16.2. The number of nitrogens with zero attached hydrogens (tertiary/aromatic N) is 1. The number of benzene rings is 3. The van der Waals surface area contributed by atoms with E-state index in [4.69, 9.17) is 29.7 Å². The molecule has 0 saturated carbocycles. The Hall–Kier alpha value is -5.28. The highest BCUT2D eigenvalue weighted by Crippen LogP contribution is 2.26. The van der Waals surface area contributed by atoms with Crippen LogP contribution in [0.5, 0.6) is 0 Å². The number of carboxylic acids is 3. The average molecular weight is 857 g/mol. The summed E-state index contributed by atoms with van der Waals surface area (Å²) in [5.41, 5.74) is 5.41. The molecule has 1 amide bonds. The summed E-state index contributed by atoms with van der Waals surface area (Å²) in [5.74, 6) is -7.92. The summed E-state index contributed by atoms with van der Waals surface area (Å²) in [7, 11) is 0. The first-order chi connectivity index (χ1) is 27.4. The number of carbonyl (C=O) groups is 4. The maximum Gasteiger partial charge on any atom is 0.490 e. The minimum Gasteiger partial charge on any atom is -0.475 e. The second-order valence-electron chi connectivity index (χ2n) is 13.3. The molecule has 11 nitrogen and oxygen atoms in total. The van der Waals surface area contributed by atoms with Gasteiger partial charge in [-0.15, -0.1) is 0 Å². The SMILES string of the molecule is C[C@H]1CN(Cc2cccc(-c3cc(CNC(=O)c4ccc(CC5CCNCC5)cc4)ccc3F)c2)CCN1.O=C(O)C(F)(F)F.O=C(O)C(F)(F)F.O=C(O)C(F)(F)F. The van der Waals surface area contributed by atoms with E-state index in [1.165, 1.54) is 30.0 Å². The molecule has 1 atom stereocenters. The number of piperidine rings is 1. The Morgan fingerprint density at radius 1 is 0.729 bits per heavy atom. The number of hydrogen-bond donors (Lipinski definition) is 6. The lowest BCUT2D eigenvalue weighted by atomic mass is 9.91. The zero-order valence-corrected chi connectivity index (χ0v) is 31.3. The number of hydrogen-bond acceptors (Lipinski definition) is 7. The van der Waals surface area contributed by atoms with Crippen molar-refractivity contribution in [3.8, 4) is 11.1 Å². The van der Waals surface area contributed by atoms with Crippen molar-refractivity contribution in [1.82, 2.24) is 20.9 Å². The lowest BCUT2D eigenvalue weighted by Gasteiger charge is -2.31. The molecular weight excluding hydrogens is 814 g/mol. The lowest BCUT2D eigenvalue weighted by Crippen LogP contribution is -2.48. The first-order valence-electron chi connectivity index (χ1n) is 17.7. The Balaban J connectivity index is 0.000000469. The molecule has 59 heavy (non-hydrogen) atoms. The van der Waals surface area contributed by atoms with Gasteiger partial charge in [-0.3, -0.25) is 9.69 Å². The summed E-state index contributed by atoms with van der Waals surface area (Å²) in [6.45, 7) is 8.61. The van der Waals surface area contributed by atoms with Crippen LogP contribution >= 0.6 is 0 Å². The third-order valence-electron chi connectivity index (χ3n) is 8.51. The predicted molar refractivity (Wildman–Crippen MR) is 193 cm³/mol. The number of carboxylic acid groups (broad SMARTS) is 3. The van der Waals surface area contributed by atoms with Crippen LogP contribution in [0.25, 0.3) is 11.1 Å². The first kappa shape index (κ1) is 49.9. The van der Waals surface area contributed by atoms with Gasteiger partial charge < -0.3 is 31.3 Å². The van der Waals surface area contributed by atoms with E-state index in [0.29, 0.717) is 23.7 Å². The van der Waals surface area contributed by atoms with Gasteiger partial charge in [-0.05, 0) is 97.8 Å². The molecule has 0 aliphatic carbocycles. The molecular formula is C38H42F10N4O7. The largest absolute Gasteiger partial charge is 0.490 e. The number of piperazine rings is 1. The predicted octanol–water partition coefficient (Wildman–Crippen LogP) is 6.66. The van der Waals surface area contributed by atoms with E-state index in [1.807, 2.05) is 30.3 Å². The number of carbonyl (C=O) groups excluding carboxylic acids is 1. The molecule has 21 heteroatoms. The first-order valence-corrected chi connectivity index (χ1v) is 17.7. The van der Waals surface area contributed by atoms with Gasteiger partial charge in [0.15, 0.2) is 0 Å². The van der Waals surface area contributed by atoms with Crippen LogP contribution < -0.4 is 16.0 Å². The second-order valence-corrected chi connectivity index (χ2v) is 13.3. The van der Waals surface area contributed by atoms with E-state index in [9.17, 15) is 48.7 Å². The topological polar surface area (TPSA) is 168 Å². The number of halogens is 10. The van der Waals surface area contributed by atoms with Crippen molar-refractivity contribution >= 4 is 23.8 Å². The number of alkyl halides is 9. The smallest absolute Gasteiger partial charge is 0.475 e. The maximum atomic E-state index is 14.9.